The van der Waals surface area contributed by atoms with Gasteiger partial charge in [0, 0.05) is 5.41 Å². The van der Waals surface area contributed by atoms with E-state index in [1.165, 1.54) is 0 Å². The van der Waals surface area contributed by atoms with E-state index in [0.717, 1.165) is 0 Å². The minimum absolute atomic E-state index is 0.0110. The summed E-state index contributed by atoms with van der Waals surface area (Å²) in [5, 5.41) is 2.55. The molecule has 100 valence electrons. The van der Waals surface area contributed by atoms with Crippen LogP contribution in [0.2, 0.25) is 0 Å². The number of carbonyl (C=O) groups is 1. The predicted octanol–water partition coefficient (Wildman–Crippen LogP) is 2.48. The lowest BCUT2D eigenvalue weighted by Crippen LogP contribution is -2.57. The van der Waals surface area contributed by atoms with E-state index >= 15 is 0 Å². The number of hydrogen-bond donors (Lipinski definition) is 1. The maximum absolute atomic E-state index is 13.8. The third-order valence-electron chi connectivity index (χ3n) is 2.96. The Morgan fingerprint density at radius 1 is 1.24 bits per heavy atom. The molecule has 3 unspecified atom stereocenters. The molecule has 0 bridgehead atoms. The molecule has 1 saturated heterocycles. The molecule has 0 aromatic rings. The Morgan fingerprint density at radius 3 is 2.18 bits per heavy atom. The number of alkyl halides is 4. The number of halogens is 4. The van der Waals surface area contributed by atoms with E-state index in [1.807, 2.05) is 0 Å². The highest BCUT2D eigenvalue weighted by atomic mass is 19.4. The summed E-state index contributed by atoms with van der Waals surface area (Å²) < 4.78 is 51.4. The average Bonchev–Trinajstić information content (AvgIpc) is 2.13. The topological polar surface area (TPSA) is 29.1 Å². The lowest BCUT2D eigenvalue weighted by molar-refractivity contribution is -0.200. The van der Waals surface area contributed by atoms with E-state index in [2.05, 4.69) is 5.32 Å². The van der Waals surface area contributed by atoms with Gasteiger partial charge >= 0.3 is 6.18 Å². The Kier molecular flexibility index (Phi) is 3.86. The molecule has 1 aliphatic heterocycles. The first kappa shape index (κ1) is 14.4. The molecule has 0 spiro atoms. The molecule has 0 aromatic heterocycles. The Hall–Kier alpha value is -0.650. The van der Waals surface area contributed by atoms with E-state index < -0.39 is 35.5 Å². The molecule has 0 aliphatic carbocycles. The SMILES string of the molecule is CC(C)(C)C(=O)C1NCCC(C(F)(F)F)C1F. The third-order valence-corrected chi connectivity index (χ3v) is 2.96. The number of carbonyl (C=O) groups excluding carboxylic acids is 1. The van der Waals surface area contributed by atoms with E-state index in [9.17, 15) is 22.4 Å². The summed E-state index contributed by atoms with van der Waals surface area (Å²) in [6.07, 6.45) is -7.10. The normalized spacial score (nSPS) is 31.4. The van der Waals surface area contributed by atoms with Crippen LogP contribution in [0.3, 0.4) is 0 Å². The highest BCUT2D eigenvalue weighted by Crippen LogP contribution is 2.37. The summed E-state index contributed by atoms with van der Waals surface area (Å²) in [6, 6.07) is -1.35. The van der Waals surface area contributed by atoms with Gasteiger partial charge in [0.2, 0.25) is 0 Å². The van der Waals surface area contributed by atoms with Crippen LogP contribution < -0.4 is 5.32 Å². The molecule has 0 saturated carbocycles. The van der Waals surface area contributed by atoms with Gasteiger partial charge in [0.25, 0.3) is 0 Å². The monoisotopic (exact) mass is 255 g/mol. The summed E-state index contributed by atoms with van der Waals surface area (Å²) in [4.78, 5) is 11.8. The number of piperidine rings is 1. The molecule has 3 atom stereocenters. The number of hydrogen-bond acceptors (Lipinski definition) is 2. The quantitative estimate of drug-likeness (QED) is 0.729. The lowest BCUT2D eigenvalue weighted by atomic mass is 9.79. The van der Waals surface area contributed by atoms with Crippen molar-refractivity contribution in [3.8, 4) is 0 Å². The molecule has 1 fully saturated rings. The molecule has 1 aliphatic rings. The number of nitrogens with one attached hydrogen (secondary N) is 1. The van der Waals surface area contributed by atoms with Crippen LogP contribution in [0.15, 0.2) is 0 Å². The first-order valence-electron chi connectivity index (χ1n) is 5.53. The van der Waals surface area contributed by atoms with Gasteiger partial charge in [-0.15, -0.1) is 0 Å². The summed E-state index contributed by atoms with van der Waals surface area (Å²) in [6.45, 7) is 4.72. The molecule has 1 rings (SSSR count). The predicted molar refractivity (Wildman–Crippen MR) is 55.3 cm³/mol. The van der Waals surface area contributed by atoms with Crippen molar-refractivity contribution >= 4 is 5.78 Å². The summed E-state index contributed by atoms with van der Waals surface area (Å²) in [7, 11) is 0. The molecule has 2 nitrogen and oxygen atoms in total. The molecular weight excluding hydrogens is 238 g/mol. The fraction of sp³-hybridized carbons (Fsp3) is 0.909. The average molecular weight is 255 g/mol. The Morgan fingerprint density at radius 2 is 1.76 bits per heavy atom. The first-order chi connectivity index (χ1) is 7.55. The van der Waals surface area contributed by atoms with E-state index in [4.69, 9.17) is 0 Å². The van der Waals surface area contributed by atoms with Gasteiger partial charge in [0.15, 0.2) is 5.78 Å². The van der Waals surface area contributed by atoms with Gasteiger partial charge in [-0.2, -0.15) is 13.2 Å². The van der Waals surface area contributed by atoms with Crippen molar-refractivity contribution < 1.29 is 22.4 Å². The zero-order chi connectivity index (χ0) is 13.4. The lowest BCUT2D eigenvalue weighted by Gasteiger charge is -2.36. The largest absolute Gasteiger partial charge is 0.394 e. The van der Waals surface area contributed by atoms with Crippen molar-refractivity contribution in [2.45, 2.75) is 45.6 Å². The molecular formula is C11H17F4NO. The maximum Gasteiger partial charge on any atom is 0.394 e. The van der Waals surface area contributed by atoms with Gasteiger partial charge in [-0.3, -0.25) is 4.79 Å². The van der Waals surface area contributed by atoms with Gasteiger partial charge < -0.3 is 5.32 Å². The first-order valence-corrected chi connectivity index (χ1v) is 5.53. The minimum atomic E-state index is -4.59. The van der Waals surface area contributed by atoms with Crippen LogP contribution >= 0.6 is 0 Å². The second kappa shape index (κ2) is 4.55. The number of Topliss-reactive ketones (excluding diaryl/α,β-unsaturated/α-hetero) is 1. The van der Waals surface area contributed by atoms with Gasteiger partial charge in [-0.25, -0.2) is 4.39 Å². The van der Waals surface area contributed by atoms with Crippen LogP contribution in [-0.4, -0.2) is 30.7 Å². The Bertz CT molecular complexity index is 295. The van der Waals surface area contributed by atoms with Crippen LogP contribution in [0.5, 0.6) is 0 Å². The van der Waals surface area contributed by atoms with Crippen molar-refractivity contribution in [1.82, 2.24) is 5.32 Å². The molecule has 0 aromatic carbocycles. The second-order valence-corrected chi connectivity index (χ2v) is 5.43. The summed E-state index contributed by atoms with van der Waals surface area (Å²) >= 11 is 0. The summed E-state index contributed by atoms with van der Waals surface area (Å²) in [5.41, 5.74) is -0.852. The van der Waals surface area contributed by atoms with Crippen LogP contribution in [0, 0.1) is 11.3 Å². The van der Waals surface area contributed by atoms with Gasteiger partial charge in [0.05, 0.1) is 12.0 Å². The fourth-order valence-electron chi connectivity index (χ4n) is 1.95. The van der Waals surface area contributed by atoms with E-state index in [1.54, 1.807) is 20.8 Å². The number of ketones is 1. The van der Waals surface area contributed by atoms with E-state index in [0.29, 0.717) is 0 Å². The van der Waals surface area contributed by atoms with Gasteiger partial charge in [-0.05, 0) is 13.0 Å². The standard InChI is InChI=1S/C11H17F4NO/c1-10(2,3)9(17)8-7(12)6(4-5-16-8)11(13,14)15/h6-8,16H,4-5H2,1-3H3. The van der Waals surface area contributed by atoms with Crippen molar-refractivity contribution in [2.75, 3.05) is 6.54 Å². The summed E-state index contributed by atoms with van der Waals surface area (Å²) in [5.74, 6) is -2.56. The van der Waals surface area contributed by atoms with Crippen molar-refractivity contribution in [2.24, 2.45) is 11.3 Å². The highest BCUT2D eigenvalue weighted by molar-refractivity contribution is 5.89. The third kappa shape index (κ3) is 3.18. The molecule has 17 heavy (non-hydrogen) atoms. The highest BCUT2D eigenvalue weighted by Gasteiger charge is 2.52. The molecule has 0 radical (unpaired) electrons. The number of rotatable bonds is 1. The van der Waals surface area contributed by atoms with Gasteiger partial charge in [-0.1, -0.05) is 20.8 Å². The van der Waals surface area contributed by atoms with Crippen LogP contribution in [-0.2, 0) is 4.79 Å². The van der Waals surface area contributed by atoms with Crippen molar-refractivity contribution in [1.29, 1.82) is 0 Å². The Labute approximate surface area is 97.8 Å². The van der Waals surface area contributed by atoms with Gasteiger partial charge in [0.1, 0.15) is 6.17 Å². The molecule has 0 amide bonds. The zero-order valence-corrected chi connectivity index (χ0v) is 10.1. The van der Waals surface area contributed by atoms with Crippen LogP contribution in [0.4, 0.5) is 17.6 Å². The molecule has 1 N–H and O–H groups in total. The van der Waals surface area contributed by atoms with Crippen LogP contribution in [0.1, 0.15) is 27.2 Å². The van der Waals surface area contributed by atoms with Crippen molar-refractivity contribution in [3.63, 3.8) is 0 Å². The van der Waals surface area contributed by atoms with Crippen LogP contribution in [0.25, 0.3) is 0 Å². The van der Waals surface area contributed by atoms with E-state index in [-0.39, 0.29) is 13.0 Å². The zero-order valence-electron chi connectivity index (χ0n) is 10.1. The molecule has 1 heterocycles. The maximum atomic E-state index is 13.8. The molecule has 6 heteroatoms. The smallest absolute Gasteiger partial charge is 0.305 e. The second-order valence-electron chi connectivity index (χ2n) is 5.43. The minimum Gasteiger partial charge on any atom is -0.305 e. The fourth-order valence-corrected chi connectivity index (χ4v) is 1.95. The van der Waals surface area contributed by atoms with Crippen molar-refractivity contribution in [3.05, 3.63) is 0 Å². The Balaban J connectivity index is 2.86.